The highest BCUT2D eigenvalue weighted by atomic mass is 32.1. The number of nitrogens with zero attached hydrogens (tertiary/aromatic N) is 1. The van der Waals surface area contributed by atoms with Gasteiger partial charge in [-0.05, 0) is 68.8 Å². The number of carbonyl (C=O) groups excluding carboxylic acids is 1. The fourth-order valence-electron chi connectivity index (χ4n) is 4.05. The number of thiophene rings is 1. The van der Waals surface area contributed by atoms with Gasteiger partial charge < -0.3 is 15.0 Å². The normalized spacial score (nSPS) is 17.4. The summed E-state index contributed by atoms with van der Waals surface area (Å²) in [6, 6.07) is 14.3. The zero-order chi connectivity index (χ0) is 19.1. The second-order valence-corrected chi connectivity index (χ2v) is 8.53. The van der Waals surface area contributed by atoms with Crippen LogP contribution >= 0.6 is 11.3 Å². The van der Waals surface area contributed by atoms with Crippen molar-refractivity contribution in [2.45, 2.75) is 26.2 Å². The van der Waals surface area contributed by atoms with E-state index in [1.165, 1.54) is 4.88 Å². The second kappa shape index (κ2) is 9.49. The highest BCUT2D eigenvalue weighted by molar-refractivity contribution is 7.09. The van der Waals surface area contributed by atoms with E-state index in [4.69, 9.17) is 4.74 Å². The molecule has 1 aromatic heterocycles. The van der Waals surface area contributed by atoms with Crippen LogP contribution < -0.4 is 10.2 Å². The Hall–Kier alpha value is -1.69. The van der Waals surface area contributed by atoms with Gasteiger partial charge in [-0.25, -0.2) is 0 Å². The number of amides is 1. The van der Waals surface area contributed by atoms with Gasteiger partial charge >= 0.3 is 0 Å². The van der Waals surface area contributed by atoms with Crippen molar-refractivity contribution in [2.75, 3.05) is 38.3 Å². The van der Waals surface area contributed by atoms with Crippen LogP contribution in [-0.4, -0.2) is 39.3 Å². The Bertz CT molecular complexity index is 698. The topological polar surface area (TPSA) is 41.6 Å². The molecule has 1 N–H and O–H groups in total. The fraction of sp³-hybridized carbons (Fsp3) is 0.500. The molecule has 1 aliphatic rings. The molecule has 0 aliphatic carbocycles. The number of hydrogen-bond donors (Lipinski definition) is 1. The highest BCUT2D eigenvalue weighted by Gasteiger charge is 2.44. The molecule has 2 aromatic rings. The van der Waals surface area contributed by atoms with Gasteiger partial charge in [-0.3, -0.25) is 4.79 Å². The van der Waals surface area contributed by atoms with E-state index in [-0.39, 0.29) is 5.91 Å². The Morgan fingerprint density at radius 1 is 1.22 bits per heavy atom. The minimum absolute atomic E-state index is 0.180. The van der Waals surface area contributed by atoms with Gasteiger partial charge in [0.25, 0.3) is 0 Å². The molecule has 1 aromatic carbocycles. The van der Waals surface area contributed by atoms with Gasteiger partial charge in [-0.15, -0.1) is 11.3 Å². The van der Waals surface area contributed by atoms with Crippen molar-refractivity contribution >= 4 is 22.9 Å². The molecule has 1 atom stereocenters. The average Bonchev–Trinajstić information content (AvgIpc) is 3.23. The van der Waals surface area contributed by atoms with E-state index in [0.29, 0.717) is 19.1 Å². The predicted octanol–water partition coefficient (Wildman–Crippen LogP) is 3.98. The first-order chi connectivity index (χ1) is 13.1. The van der Waals surface area contributed by atoms with Crippen LogP contribution in [0.15, 0.2) is 47.8 Å². The number of anilines is 1. The third-order valence-electron chi connectivity index (χ3n) is 5.65. The third-order valence-corrected chi connectivity index (χ3v) is 6.58. The maximum Gasteiger partial charge on any atom is 0.235 e. The van der Waals surface area contributed by atoms with Crippen LogP contribution in [0, 0.1) is 11.3 Å². The standard InChI is InChI=1S/C22H30N2O2S/c1-22(17-26-2,18-10-13-23-14-11-18)21(25)24(19-7-4-3-5-8-19)15-12-20-9-6-16-27-20/h3-9,16,18,23H,10-15,17H2,1-2H3. The molecule has 5 heteroatoms. The summed E-state index contributed by atoms with van der Waals surface area (Å²) < 4.78 is 5.55. The fourth-order valence-corrected chi connectivity index (χ4v) is 4.75. The summed E-state index contributed by atoms with van der Waals surface area (Å²) in [5.74, 6) is 0.512. The van der Waals surface area contributed by atoms with E-state index in [1.807, 2.05) is 35.2 Å². The summed E-state index contributed by atoms with van der Waals surface area (Å²) in [6.45, 7) is 5.18. The number of piperidine rings is 1. The van der Waals surface area contributed by atoms with Gasteiger partial charge in [0.1, 0.15) is 0 Å². The number of hydrogen-bond acceptors (Lipinski definition) is 4. The number of methoxy groups -OCH3 is 1. The summed E-state index contributed by atoms with van der Waals surface area (Å²) >= 11 is 1.75. The molecule has 1 aliphatic heterocycles. The molecule has 1 amide bonds. The lowest BCUT2D eigenvalue weighted by Gasteiger charge is -2.41. The maximum absolute atomic E-state index is 13.8. The Morgan fingerprint density at radius 2 is 1.96 bits per heavy atom. The highest BCUT2D eigenvalue weighted by Crippen LogP contribution is 2.37. The van der Waals surface area contributed by atoms with E-state index < -0.39 is 5.41 Å². The zero-order valence-corrected chi connectivity index (χ0v) is 17.1. The molecule has 0 saturated carbocycles. The van der Waals surface area contributed by atoms with Crippen molar-refractivity contribution < 1.29 is 9.53 Å². The number of para-hydroxylation sites is 1. The number of nitrogens with one attached hydrogen (secondary N) is 1. The molecule has 2 heterocycles. The molecule has 3 rings (SSSR count). The van der Waals surface area contributed by atoms with Gasteiger partial charge in [-0.2, -0.15) is 0 Å². The molecule has 0 spiro atoms. The Kier molecular flexibility index (Phi) is 7.05. The van der Waals surface area contributed by atoms with Crippen LogP contribution in [0.5, 0.6) is 0 Å². The maximum atomic E-state index is 13.8. The molecule has 1 saturated heterocycles. The lowest BCUT2D eigenvalue weighted by Crippen LogP contribution is -2.52. The minimum atomic E-state index is -0.512. The largest absolute Gasteiger partial charge is 0.384 e. The van der Waals surface area contributed by atoms with Gasteiger partial charge in [0.05, 0.1) is 12.0 Å². The van der Waals surface area contributed by atoms with Crippen molar-refractivity contribution in [3.8, 4) is 0 Å². The van der Waals surface area contributed by atoms with Crippen LogP contribution in [0.2, 0.25) is 0 Å². The lowest BCUT2D eigenvalue weighted by atomic mass is 9.71. The van der Waals surface area contributed by atoms with Crippen molar-refractivity contribution in [3.05, 3.63) is 52.7 Å². The van der Waals surface area contributed by atoms with Crippen molar-refractivity contribution in [2.24, 2.45) is 11.3 Å². The first-order valence-electron chi connectivity index (χ1n) is 9.74. The summed E-state index contributed by atoms with van der Waals surface area (Å²) in [4.78, 5) is 17.1. The van der Waals surface area contributed by atoms with Gasteiger partial charge in [-0.1, -0.05) is 24.3 Å². The third kappa shape index (κ3) is 4.78. The lowest BCUT2D eigenvalue weighted by molar-refractivity contribution is -0.135. The number of benzene rings is 1. The van der Waals surface area contributed by atoms with E-state index in [2.05, 4.69) is 29.8 Å². The van der Waals surface area contributed by atoms with Crippen molar-refractivity contribution in [1.29, 1.82) is 0 Å². The molecule has 146 valence electrons. The summed E-state index contributed by atoms with van der Waals surface area (Å²) in [6.07, 6.45) is 2.89. The van der Waals surface area contributed by atoms with Crippen molar-refractivity contribution in [3.63, 3.8) is 0 Å². The van der Waals surface area contributed by atoms with Gasteiger partial charge in [0.2, 0.25) is 5.91 Å². The zero-order valence-electron chi connectivity index (χ0n) is 16.3. The number of ether oxygens (including phenoxy) is 1. The van der Waals surface area contributed by atoms with E-state index in [0.717, 1.165) is 38.0 Å². The smallest absolute Gasteiger partial charge is 0.235 e. The van der Waals surface area contributed by atoms with Crippen molar-refractivity contribution in [1.82, 2.24) is 5.32 Å². The minimum Gasteiger partial charge on any atom is -0.384 e. The first-order valence-corrected chi connectivity index (χ1v) is 10.6. The Balaban J connectivity index is 1.86. The van der Waals surface area contributed by atoms with Crippen LogP contribution in [-0.2, 0) is 16.0 Å². The summed E-state index contributed by atoms with van der Waals surface area (Å²) in [7, 11) is 1.70. The van der Waals surface area contributed by atoms with Gasteiger partial charge in [0.15, 0.2) is 0 Å². The van der Waals surface area contributed by atoms with Crippen LogP contribution in [0.4, 0.5) is 5.69 Å². The summed E-state index contributed by atoms with van der Waals surface area (Å²) in [5, 5.41) is 5.50. The van der Waals surface area contributed by atoms with E-state index >= 15 is 0 Å². The molecule has 1 unspecified atom stereocenters. The molecule has 27 heavy (non-hydrogen) atoms. The van der Waals surface area contributed by atoms with E-state index in [1.54, 1.807) is 18.4 Å². The molecular formula is C22H30N2O2S. The number of carbonyl (C=O) groups is 1. The Morgan fingerprint density at radius 3 is 2.59 bits per heavy atom. The van der Waals surface area contributed by atoms with Crippen LogP contribution in [0.25, 0.3) is 0 Å². The van der Waals surface area contributed by atoms with Crippen LogP contribution in [0.3, 0.4) is 0 Å². The molecule has 0 bridgehead atoms. The second-order valence-electron chi connectivity index (χ2n) is 7.50. The Labute approximate surface area is 166 Å². The SMILES string of the molecule is COCC(C)(C(=O)N(CCc1cccs1)c1ccccc1)C1CCNCC1. The summed E-state index contributed by atoms with van der Waals surface area (Å²) in [5.41, 5.74) is 0.456. The number of rotatable bonds is 8. The average molecular weight is 387 g/mol. The first kappa shape index (κ1) is 20.1. The predicted molar refractivity (Wildman–Crippen MR) is 112 cm³/mol. The molecule has 0 radical (unpaired) electrons. The van der Waals surface area contributed by atoms with Crippen LogP contribution in [0.1, 0.15) is 24.6 Å². The monoisotopic (exact) mass is 386 g/mol. The molecule has 1 fully saturated rings. The molecule has 4 nitrogen and oxygen atoms in total. The van der Waals surface area contributed by atoms with Gasteiger partial charge in [0, 0.05) is 24.2 Å². The van der Waals surface area contributed by atoms with E-state index in [9.17, 15) is 4.79 Å². The quantitative estimate of drug-likeness (QED) is 0.746. The molecular weight excluding hydrogens is 356 g/mol.